The summed E-state index contributed by atoms with van der Waals surface area (Å²) in [5, 5.41) is 2.94. The van der Waals surface area contributed by atoms with E-state index in [1.807, 2.05) is 43.3 Å². The van der Waals surface area contributed by atoms with E-state index in [1.54, 1.807) is 0 Å². The van der Waals surface area contributed by atoms with Crippen LogP contribution in [0.1, 0.15) is 42.5 Å². The van der Waals surface area contributed by atoms with Crippen molar-refractivity contribution < 1.29 is 4.79 Å². The third kappa shape index (κ3) is 5.88. The van der Waals surface area contributed by atoms with Gasteiger partial charge in [-0.05, 0) is 24.0 Å². The quantitative estimate of drug-likeness (QED) is 0.609. The van der Waals surface area contributed by atoms with Crippen molar-refractivity contribution >= 4 is 5.91 Å². The highest BCUT2D eigenvalue weighted by molar-refractivity contribution is 5.75. The topological polar surface area (TPSA) is 64.0 Å². The van der Waals surface area contributed by atoms with Gasteiger partial charge in [0.05, 0.1) is 6.33 Å². The van der Waals surface area contributed by atoms with Gasteiger partial charge in [0.2, 0.25) is 5.91 Å². The number of aryl methyl sites for hydroxylation is 1. The molecule has 0 spiro atoms. The van der Waals surface area contributed by atoms with E-state index in [0.717, 1.165) is 25.0 Å². The molecule has 2 aromatic carbocycles. The molecule has 0 aliphatic carbocycles. The molecule has 0 atom stereocenters. The van der Waals surface area contributed by atoms with E-state index >= 15 is 0 Å². The molecule has 0 aliphatic rings. The maximum absolute atomic E-state index is 12.3. The summed E-state index contributed by atoms with van der Waals surface area (Å²) < 4.78 is 1.35. The van der Waals surface area contributed by atoms with Crippen molar-refractivity contribution in [3.63, 3.8) is 0 Å². The van der Waals surface area contributed by atoms with Gasteiger partial charge in [-0.15, -0.1) is 0 Å². The Hall–Kier alpha value is -3.21. The number of benzene rings is 2. The smallest absolute Gasteiger partial charge is 0.253 e. The second kappa shape index (κ2) is 10.4. The van der Waals surface area contributed by atoms with Crippen molar-refractivity contribution in [3.8, 4) is 0 Å². The van der Waals surface area contributed by atoms with E-state index < -0.39 is 0 Å². The largest absolute Gasteiger partial charge is 0.355 e. The fourth-order valence-corrected chi connectivity index (χ4v) is 3.44. The lowest BCUT2D eigenvalue weighted by Crippen LogP contribution is -2.33. The number of rotatable bonds is 9. The molecule has 5 heteroatoms. The van der Waals surface area contributed by atoms with Gasteiger partial charge in [0, 0.05) is 24.2 Å². The fraction of sp³-hybridized carbons (Fsp3) is 0.292. The minimum atomic E-state index is -0.190. The number of carbonyl (C=O) groups is 1. The second-order valence-electron chi connectivity index (χ2n) is 7.11. The molecule has 0 bridgehead atoms. The maximum Gasteiger partial charge on any atom is 0.253 e. The molecule has 0 radical (unpaired) electrons. The zero-order chi connectivity index (χ0) is 20.5. The van der Waals surface area contributed by atoms with Crippen molar-refractivity contribution in [2.75, 3.05) is 6.54 Å². The minimum absolute atomic E-state index is 0.0143. The van der Waals surface area contributed by atoms with Gasteiger partial charge in [-0.1, -0.05) is 74.0 Å². The molecular weight excluding hydrogens is 362 g/mol. The molecule has 0 unspecified atom stereocenters. The molecule has 0 saturated heterocycles. The van der Waals surface area contributed by atoms with E-state index in [0.29, 0.717) is 6.54 Å². The average Bonchev–Trinajstić information content (AvgIpc) is 2.75. The third-order valence-corrected chi connectivity index (χ3v) is 4.92. The minimum Gasteiger partial charge on any atom is -0.355 e. The Morgan fingerprint density at radius 2 is 1.66 bits per heavy atom. The number of amides is 1. The average molecular weight is 389 g/mol. The van der Waals surface area contributed by atoms with Crippen LogP contribution in [-0.4, -0.2) is 22.0 Å². The molecule has 0 fully saturated rings. The fourth-order valence-electron chi connectivity index (χ4n) is 3.44. The number of nitrogens with one attached hydrogen (secondary N) is 1. The first-order chi connectivity index (χ1) is 14.2. The summed E-state index contributed by atoms with van der Waals surface area (Å²) in [5.74, 6) is 0.0208. The van der Waals surface area contributed by atoms with E-state index in [-0.39, 0.29) is 23.9 Å². The molecule has 1 amide bonds. The van der Waals surface area contributed by atoms with Gasteiger partial charge >= 0.3 is 0 Å². The van der Waals surface area contributed by atoms with Crippen LogP contribution in [0, 0.1) is 0 Å². The molecule has 1 aromatic heterocycles. The lowest BCUT2D eigenvalue weighted by Gasteiger charge is -2.18. The predicted octanol–water partition coefficient (Wildman–Crippen LogP) is 3.53. The molecule has 1 N–H and O–H groups in total. The van der Waals surface area contributed by atoms with Crippen LogP contribution in [0.3, 0.4) is 0 Å². The number of carbonyl (C=O) groups excluding carboxylic acids is 1. The van der Waals surface area contributed by atoms with Crippen LogP contribution in [0.5, 0.6) is 0 Å². The Bertz CT molecular complexity index is 929. The molecule has 3 aromatic rings. The van der Waals surface area contributed by atoms with Crippen LogP contribution in [0.4, 0.5) is 0 Å². The zero-order valence-corrected chi connectivity index (χ0v) is 16.8. The van der Waals surface area contributed by atoms with Gasteiger partial charge in [0.25, 0.3) is 5.56 Å². The molecule has 150 valence electrons. The lowest BCUT2D eigenvalue weighted by atomic mass is 9.88. The molecular formula is C24H27N3O2. The van der Waals surface area contributed by atoms with E-state index in [4.69, 9.17) is 0 Å². The van der Waals surface area contributed by atoms with Crippen LogP contribution >= 0.6 is 0 Å². The summed E-state index contributed by atoms with van der Waals surface area (Å²) in [7, 11) is 0. The summed E-state index contributed by atoms with van der Waals surface area (Å²) in [6, 6.07) is 22.1. The van der Waals surface area contributed by atoms with Crippen molar-refractivity contribution in [3.05, 3.63) is 100 Å². The van der Waals surface area contributed by atoms with Gasteiger partial charge in [-0.2, -0.15) is 0 Å². The molecule has 1 heterocycles. The SMILES string of the molecule is CCCc1cc(=O)n(CC(=O)NCCC(c2ccccc2)c2ccccc2)cn1. The van der Waals surface area contributed by atoms with Crippen LogP contribution < -0.4 is 10.9 Å². The number of aromatic nitrogens is 2. The summed E-state index contributed by atoms with van der Waals surface area (Å²) in [6.45, 7) is 2.56. The molecule has 0 aliphatic heterocycles. The number of nitrogens with zero attached hydrogens (tertiary/aromatic N) is 2. The summed E-state index contributed by atoms with van der Waals surface area (Å²) in [5.41, 5.74) is 3.02. The Morgan fingerprint density at radius 1 is 1.03 bits per heavy atom. The highest BCUT2D eigenvalue weighted by Crippen LogP contribution is 2.27. The summed E-state index contributed by atoms with van der Waals surface area (Å²) >= 11 is 0. The van der Waals surface area contributed by atoms with E-state index in [2.05, 4.69) is 34.6 Å². The predicted molar refractivity (Wildman–Crippen MR) is 115 cm³/mol. The van der Waals surface area contributed by atoms with Crippen LogP contribution in [0.15, 0.2) is 77.9 Å². The Balaban J connectivity index is 1.60. The molecule has 5 nitrogen and oxygen atoms in total. The van der Waals surface area contributed by atoms with Gasteiger partial charge in [-0.3, -0.25) is 14.2 Å². The third-order valence-electron chi connectivity index (χ3n) is 4.92. The monoisotopic (exact) mass is 389 g/mol. The normalized spacial score (nSPS) is 10.8. The Labute approximate surface area is 171 Å². The van der Waals surface area contributed by atoms with Crippen molar-refractivity contribution in [1.82, 2.24) is 14.9 Å². The van der Waals surface area contributed by atoms with Crippen molar-refractivity contribution in [1.29, 1.82) is 0 Å². The first-order valence-corrected chi connectivity index (χ1v) is 10.1. The number of hydrogen-bond acceptors (Lipinski definition) is 3. The van der Waals surface area contributed by atoms with Gasteiger partial charge < -0.3 is 5.32 Å². The standard InChI is InChI=1S/C24H27N3O2/c1-2-9-21-16-24(29)27(18-26-21)17-23(28)25-15-14-22(19-10-5-3-6-11-19)20-12-7-4-8-13-20/h3-8,10-13,16,18,22H,2,9,14-15,17H2,1H3,(H,25,28). The maximum atomic E-state index is 12.3. The van der Waals surface area contributed by atoms with Crippen LogP contribution in [0.2, 0.25) is 0 Å². The molecule has 0 saturated carbocycles. The Morgan fingerprint density at radius 3 is 2.21 bits per heavy atom. The number of hydrogen-bond donors (Lipinski definition) is 1. The van der Waals surface area contributed by atoms with E-state index in [1.165, 1.54) is 28.1 Å². The van der Waals surface area contributed by atoms with Crippen molar-refractivity contribution in [2.45, 2.75) is 38.6 Å². The highest BCUT2D eigenvalue weighted by atomic mass is 16.2. The first-order valence-electron chi connectivity index (χ1n) is 10.1. The second-order valence-corrected chi connectivity index (χ2v) is 7.11. The summed E-state index contributed by atoms with van der Waals surface area (Å²) in [4.78, 5) is 28.7. The molecule has 29 heavy (non-hydrogen) atoms. The Kier molecular flexibility index (Phi) is 7.34. The lowest BCUT2D eigenvalue weighted by molar-refractivity contribution is -0.121. The zero-order valence-electron chi connectivity index (χ0n) is 16.8. The van der Waals surface area contributed by atoms with Crippen LogP contribution in [-0.2, 0) is 17.8 Å². The van der Waals surface area contributed by atoms with Gasteiger partial charge in [0.15, 0.2) is 0 Å². The summed E-state index contributed by atoms with van der Waals surface area (Å²) in [6.07, 6.45) is 3.94. The first kappa shape index (κ1) is 20.5. The van der Waals surface area contributed by atoms with Gasteiger partial charge in [-0.25, -0.2) is 4.98 Å². The molecule has 3 rings (SSSR count). The van der Waals surface area contributed by atoms with Crippen molar-refractivity contribution in [2.24, 2.45) is 0 Å². The van der Waals surface area contributed by atoms with Gasteiger partial charge in [0.1, 0.15) is 6.54 Å². The van der Waals surface area contributed by atoms with Crippen LogP contribution in [0.25, 0.3) is 0 Å². The highest BCUT2D eigenvalue weighted by Gasteiger charge is 2.14. The van der Waals surface area contributed by atoms with E-state index in [9.17, 15) is 9.59 Å².